The number of hydrogen-bond acceptors (Lipinski definition) is 2. The number of benzene rings is 3. The Bertz CT molecular complexity index is 1120. The minimum absolute atomic E-state index is 0.106. The van der Waals surface area contributed by atoms with Crippen LogP contribution in [0.15, 0.2) is 66.7 Å². The third-order valence-corrected chi connectivity index (χ3v) is 4.64. The number of carbonyl (C=O) groups excluding carboxylic acids is 2. The number of carbonyl (C=O) groups is 2. The Hall–Kier alpha value is -3.48. The SMILES string of the molecule is Cc1cccc(CC(=O)Cc2ccc(NC(=O)c3ccccc3F)c(C(F)(F)F)c2)c1. The normalized spacial score (nSPS) is 11.3. The average Bonchev–Trinajstić information content (AvgIpc) is 2.68. The van der Waals surface area contributed by atoms with Crippen molar-refractivity contribution in [2.24, 2.45) is 0 Å². The minimum Gasteiger partial charge on any atom is -0.321 e. The Morgan fingerprint density at radius 3 is 2.19 bits per heavy atom. The Balaban J connectivity index is 1.81. The molecule has 0 saturated carbocycles. The maximum atomic E-state index is 13.8. The third kappa shape index (κ3) is 5.78. The molecule has 3 nitrogen and oxygen atoms in total. The molecule has 1 amide bonds. The molecule has 0 aliphatic carbocycles. The average molecular weight is 429 g/mol. The van der Waals surface area contributed by atoms with Gasteiger partial charge in [-0.2, -0.15) is 13.2 Å². The zero-order chi connectivity index (χ0) is 22.6. The maximum absolute atomic E-state index is 13.8. The van der Waals surface area contributed by atoms with Crippen molar-refractivity contribution >= 4 is 17.4 Å². The molecule has 0 saturated heterocycles. The van der Waals surface area contributed by atoms with Gasteiger partial charge in [-0.3, -0.25) is 9.59 Å². The van der Waals surface area contributed by atoms with Crippen LogP contribution in [0.1, 0.15) is 32.6 Å². The van der Waals surface area contributed by atoms with Gasteiger partial charge < -0.3 is 5.32 Å². The molecular formula is C24H19F4NO2. The maximum Gasteiger partial charge on any atom is 0.418 e. The number of aryl methyl sites for hydroxylation is 1. The fourth-order valence-electron chi connectivity index (χ4n) is 3.22. The number of anilines is 1. The van der Waals surface area contributed by atoms with Crippen LogP contribution in [0.3, 0.4) is 0 Å². The second kappa shape index (κ2) is 9.12. The molecule has 3 rings (SSSR count). The predicted molar refractivity (Wildman–Crippen MR) is 109 cm³/mol. The Kier molecular flexibility index (Phi) is 6.53. The van der Waals surface area contributed by atoms with E-state index in [1.807, 2.05) is 25.1 Å². The second-order valence-corrected chi connectivity index (χ2v) is 7.19. The molecule has 7 heteroatoms. The zero-order valence-electron chi connectivity index (χ0n) is 16.6. The van der Waals surface area contributed by atoms with E-state index in [1.54, 1.807) is 6.07 Å². The first-order valence-corrected chi connectivity index (χ1v) is 9.47. The van der Waals surface area contributed by atoms with E-state index in [2.05, 4.69) is 5.32 Å². The highest BCUT2D eigenvalue weighted by atomic mass is 19.4. The summed E-state index contributed by atoms with van der Waals surface area (Å²) >= 11 is 0. The van der Waals surface area contributed by atoms with Crippen LogP contribution >= 0.6 is 0 Å². The van der Waals surface area contributed by atoms with Crippen molar-refractivity contribution in [3.05, 3.63) is 100 Å². The number of hydrogen-bond donors (Lipinski definition) is 1. The van der Waals surface area contributed by atoms with Crippen LogP contribution in [-0.4, -0.2) is 11.7 Å². The summed E-state index contributed by atoms with van der Waals surface area (Å²) in [4.78, 5) is 24.6. The van der Waals surface area contributed by atoms with Gasteiger partial charge in [0.2, 0.25) is 0 Å². The smallest absolute Gasteiger partial charge is 0.321 e. The van der Waals surface area contributed by atoms with Gasteiger partial charge in [0.1, 0.15) is 11.6 Å². The Morgan fingerprint density at radius 1 is 0.871 bits per heavy atom. The molecule has 0 unspecified atom stereocenters. The summed E-state index contributed by atoms with van der Waals surface area (Å²) in [5, 5.41) is 2.12. The number of ketones is 1. The third-order valence-electron chi connectivity index (χ3n) is 4.64. The van der Waals surface area contributed by atoms with Gasteiger partial charge in [-0.25, -0.2) is 4.39 Å². The first-order valence-electron chi connectivity index (χ1n) is 9.47. The van der Waals surface area contributed by atoms with E-state index in [-0.39, 0.29) is 29.8 Å². The van der Waals surface area contributed by atoms with Crippen molar-refractivity contribution in [1.82, 2.24) is 0 Å². The number of Topliss-reactive ketones (excluding diaryl/α,β-unsaturated/α-hetero) is 1. The van der Waals surface area contributed by atoms with E-state index in [9.17, 15) is 27.2 Å². The monoisotopic (exact) mass is 429 g/mol. The Labute approximate surface area is 176 Å². The molecule has 0 fully saturated rings. The fourth-order valence-corrected chi connectivity index (χ4v) is 3.22. The van der Waals surface area contributed by atoms with Gasteiger partial charge in [0.25, 0.3) is 5.91 Å². The van der Waals surface area contributed by atoms with Crippen LogP contribution in [-0.2, 0) is 23.8 Å². The van der Waals surface area contributed by atoms with E-state index >= 15 is 0 Å². The largest absolute Gasteiger partial charge is 0.418 e. The molecule has 1 N–H and O–H groups in total. The number of alkyl halides is 3. The zero-order valence-corrected chi connectivity index (χ0v) is 16.6. The van der Waals surface area contributed by atoms with Gasteiger partial charge in [0.15, 0.2) is 0 Å². The first-order chi connectivity index (χ1) is 14.6. The Morgan fingerprint density at radius 2 is 1.55 bits per heavy atom. The number of rotatable bonds is 6. The molecule has 0 aliphatic rings. The molecule has 0 atom stereocenters. The lowest BCUT2D eigenvalue weighted by Crippen LogP contribution is -2.18. The summed E-state index contributed by atoms with van der Waals surface area (Å²) in [7, 11) is 0. The first kappa shape index (κ1) is 22.2. The molecule has 0 aliphatic heterocycles. The molecule has 3 aromatic rings. The van der Waals surface area contributed by atoms with Crippen LogP contribution in [0.4, 0.5) is 23.2 Å². The molecule has 160 valence electrons. The lowest BCUT2D eigenvalue weighted by Gasteiger charge is -2.15. The summed E-state index contributed by atoms with van der Waals surface area (Å²) in [6.45, 7) is 1.89. The van der Waals surface area contributed by atoms with E-state index < -0.39 is 29.2 Å². The second-order valence-electron chi connectivity index (χ2n) is 7.19. The summed E-state index contributed by atoms with van der Waals surface area (Å²) in [5.74, 6) is -2.07. The highest BCUT2D eigenvalue weighted by Crippen LogP contribution is 2.36. The van der Waals surface area contributed by atoms with Gasteiger partial charge in [0.05, 0.1) is 16.8 Å². The molecule has 0 radical (unpaired) electrons. The molecule has 31 heavy (non-hydrogen) atoms. The van der Waals surface area contributed by atoms with Crippen LogP contribution in [0.5, 0.6) is 0 Å². The molecule has 0 bridgehead atoms. The van der Waals surface area contributed by atoms with Crippen molar-refractivity contribution in [1.29, 1.82) is 0 Å². The van der Waals surface area contributed by atoms with E-state index in [4.69, 9.17) is 0 Å². The van der Waals surface area contributed by atoms with Crippen LogP contribution in [0, 0.1) is 12.7 Å². The highest BCUT2D eigenvalue weighted by Gasteiger charge is 2.34. The van der Waals surface area contributed by atoms with Gasteiger partial charge in [-0.1, -0.05) is 48.0 Å². The minimum atomic E-state index is -4.77. The number of amides is 1. The quantitative estimate of drug-likeness (QED) is 0.507. The van der Waals surface area contributed by atoms with Crippen LogP contribution in [0.2, 0.25) is 0 Å². The molecule has 0 aromatic heterocycles. The summed E-state index contributed by atoms with van der Waals surface area (Å²) in [6, 6.07) is 15.6. The molecule has 0 spiro atoms. The van der Waals surface area contributed by atoms with Gasteiger partial charge >= 0.3 is 6.18 Å². The lowest BCUT2D eigenvalue weighted by atomic mass is 9.99. The van der Waals surface area contributed by atoms with Crippen molar-refractivity contribution in [2.75, 3.05) is 5.32 Å². The molecule has 3 aromatic carbocycles. The summed E-state index contributed by atoms with van der Waals surface area (Å²) in [6.07, 6.45) is -4.85. The topological polar surface area (TPSA) is 46.2 Å². The molecule has 0 heterocycles. The van der Waals surface area contributed by atoms with Gasteiger partial charge in [-0.15, -0.1) is 0 Å². The van der Waals surface area contributed by atoms with E-state index in [0.29, 0.717) is 0 Å². The standard InChI is InChI=1S/C24H19F4NO2/c1-15-5-4-6-16(11-15)12-18(30)13-17-9-10-22(20(14-17)24(26,27)28)29-23(31)19-7-2-3-8-21(19)25/h2-11,14H,12-13H2,1H3,(H,29,31). The van der Waals surface area contributed by atoms with Crippen molar-refractivity contribution in [3.8, 4) is 0 Å². The predicted octanol–water partition coefficient (Wildman–Crippen LogP) is 5.76. The van der Waals surface area contributed by atoms with E-state index in [1.165, 1.54) is 24.3 Å². The number of halogens is 4. The lowest BCUT2D eigenvalue weighted by molar-refractivity contribution is -0.137. The van der Waals surface area contributed by atoms with Crippen molar-refractivity contribution in [3.63, 3.8) is 0 Å². The van der Waals surface area contributed by atoms with Crippen molar-refractivity contribution in [2.45, 2.75) is 25.9 Å². The fraction of sp³-hybridized carbons (Fsp3) is 0.167. The number of nitrogens with one attached hydrogen (secondary N) is 1. The summed E-state index contributed by atoms with van der Waals surface area (Å²) < 4.78 is 54.5. The van der Waals surface area contributed by atoms with Crippen LogP contribution in [0.25, 0.3) is 0 Å². The molecular weight excluding hydrogens is 410 g/mol. The summed E-state index contributed by atoms with van der Waals surface area (Å²) in [5.41, 5.74) is -0.0231. The van der Waals surface area contributed by atoms with Gasteiger partial charge in [-0.05, 0) is 42.3 Å². The van der Waals surface area contributed by atoms with Crippen molar-refractivity contribution < 1.29 is 27.2 Å². The van der Waals surface area contributed by atoms with Gasteiger partial charge in [0, 0.05) is 12.8 Å². The highest BCUT2D eigenvalue weighted by molar-refractivity contribution is 6.05. The van der Waals surface area contributed by atoms with E-state index in [0.717, 1.165) is 29.3 Å². The van der Waals surface area contributed by atoms with Crippen LogP contribution < -0.4 is 5.32 Å².